The fourth-order valence-corrected chi connectivity index (χ4v) is 3.42. The molecule has 1 atom stereocenters. The fourth-order valence-electron chi connectivity index (χ4n) is 3.42. The summed E-state index contributed by atoms with van der Waals surface area (Å²) in [6.45, 7) is 4.80. The fraction of sp³-hybridized carbons (Fsp3) is 0.522. The average molecular weight is 414 g/mol. The van der Waals surface area contributed by atoms with Gasteiger partial charge in [0.05, 0.1) is 0 Å². The molecule has 0 heterocycles. The molecule has 1 fully saturated rings. The van der Waals surface area contributed by atoms with Gasteiger partial charge in [0.25, 0.3) is 5.91 Å². The van der Waals surface area contributed by atoms with Crippen LogP contribution in [0.4, 0.5) is 4.79 Å². The van der Waals surface area contributed by atoms with E-state index < -0.39 is 23.6 Å². The summed E-state index contributed by atoms with van der Waals surface area (Å²) in [5.41, 5.74) is -0.0832. The molecule has 1 aromatic carbocycles. The number of nitrogens with one attached hydrogen (secondary N) is 2. The van der Waals surface area contributed by atoms with E-state index in [1.54, 1.807) is 45.0 Å². The molecule has 0 saturated heterocycles. The number of carbonyl (C=O) groups is 3. The average Bonchev–Trinajstić information content (AvgIpc) is 2.70. The van der Waals surface area contributed by atoms with Gasteiger partial charge in [-0.05, 0) is 39.2 Å². The second-order valence-corrected chi connectivity index (χ2v) is 8.41. The molecule has 0 radical (unpaired) electrons. The van der Waals surface area contributed by atoms with Gasteiger partial charge in [-0.25, -0.2) is 4.79 Å². The summed E-state index contributed by atoms with van der Waals surface area (Å²) >= 11 is 0. The molecule has 1 saturated carbocycles. The SMILES string of the molecule is C#CN(C(=O)CNC(=O)OC(C)(C)C)C(C(=O)NC1CCCCC1)c1ccccc1. The van der Waals surface area contributed by atoms with Gasteiger partial charge in [-0.15, -0.1) is 0 Å². The third kappa shape index (κ3) is 7.11. The smallest absolute Gasteiger partial charge is 0.408 e. The van der Waals surface area contributed by atoms with Crippen molar-refractivity contribution in [1.82, 2.24) is 15.5 Å². The van der Waals surface area contributed by atoms with Crippen LogP contribution in [0.5, 0.6) is 0 Å². The van der Waals surface area contributed by atoms with Crippen LogP contribution in [0.2, 0.25) is 0 Å². The second kappa shape index (κ2) is 10.7. The molecule has 2 rings (SSSR count). The Labute approximate surface area is 178 Å². The summed E-state index contributed by atoms with van der Waals surface area (Å²) in [4.78, 5) is 38.8. The van der Waals surface area contributed by atoms with Gasteiger partial charge in [-0.1, -0.05) is 56.0 Å². The van der Waals surface area contributed by atoms with Gasteiger partial charge >= 0.3 is 6.09 Å². The number of ether oxygens (including phenoxy) is 1. The molecule has 1 aliphatic carbocycles. The van der Waals surface area contributed by atoms with Gasteiger partial charge in [0.1, 0.15) is 18.2 Å². The summed E-state index contributed by atoms with van der Waals surface area (Å²) in [7, 11) is 0. The van der Waals surface area contributed by atoms with Crippen LogP contribution >= 0.6 is 0 Å². The van der Waals surface area contributed by atoms with Gasteiger partial charge in [0.15, 0.2) is 0 Å². The Morgan fingerprint density at radius 3 is 2.37 bits per heavy atom. The van der Waals surface area contributed by atoms with Crippen molar-refractivity contribution in [3.05, 3.63) is 35.9 Å². The maximum Gasteiger partial charge on any atom is 0.408 e. The van der Waals surface area contributed by atoms with E-state index >= 15 is 0 Å². The molecule has 1 aromatic rings. The maximum absolute atomic E-state index is 13.1. The van der Waals surface area contributed by atoms with E-state index in [1.807, 2.05) is 6.07 Å². The number of alkyl carbamates (subject to hydrolysis) is 1. The molecule has 0 spiro atoms. The van der Waals surface area contributed by atoms with Crippen LogP contribution in [-0.4, -0.2) is 41.0 Å². The van der Waals surface area contributed by atoms with Gasteiger partial charge in [0, 0.05) is 12.1 Å². The van der Waals surface area contributed by atoms with E-state index in [-0.39, 0.29) is 18.5 Å². The normalized spacial score (nSPS) is 15.4. The molecular formula is C23H31N3O4. The van der Waals surface area contributed by atoms with E-state index in [0.29, 0.717) is 5.56 Å². The van der Waals surface area contributed by atoms with Crippen molar-refractivity contribution in [3.8, 4) is 12.5 Å². The van der Waals surface area contributed by atoms with Crippen LogP contribution < -0.4 is 10.6 Å². The Morgan fingerprint density at radius 1 is 1.17 bits per heavy atom. The molecular weight excluding hydrogens is 382 g/mol. The monoisotopic (exact) mass is 413 g/mol. The van der Waals surface area contributed by atoms with Crippen LogP contribution in [-0.2, 0) is 14.3 Å². The van der Waals surface area contributed by atoms with Crippen LogP contribution in [0.1, 0.15) is 64.5 Å². The first-order valence-corrected chi connectivity index (χ1v) is 10.3. The van der Waals surface area contributed by atoms with E-state index in [1.165, 1.54) is 6.42 Å². The maximum atomic E-state index is 13.1. The van der Waals surface area contributed by atoms with Crippen LogP contribution in [0.15, 0.2) is 30.3 Å². The Balaban J connectivity index is 2.14. The molecule has 0 aromatic heterocycles. The molecule has 162 valence electrons. The first-order valence-electron chi connectivity index (χ1n) is 10.3. The Kier molecular flexibility index (Phi) is 8.28. The highest BCUT2D eigenvalue weighted by Crippen LogP contribution is 2.23. The number of rotatable bonds is 6. The van der Waals surface area contributed by atoms with Crippen molar-refractivity contribution in [2.24, 2.45) is 0 Å². The minimum Gasteiger partial charge on any atom is -0.444 e. The highest BCUT2D eigenvalue weighted by molar-refractivity contribution is 5.91. The minimum atomic E-state index is -0.980. The van der Waals surface area contributed by atoms with Crippen molar-refractivity contribution < 1.29 is 19.1 Å². The predicted molar refractivity (Wildman–Crippen MR) is 114 cm³/mol. The lowest BCUT2D eigenvalue weighted by atomic mass is 9.94. The topological polar surface area (TPSA) is 87.7 Å². The van der Waals surface area contributed by atoms with Gasteiger partial charge in [-0.2, -0.15) is 0 Å². The Bertz CT molecular complexity index is 774. The molecule has 0 aliphatic heterocycles. The summed E-state index contributed by atoms with van der Waals surface area (Å²) in [5.74, 6) is -0.896. The van der Waals surface area contributed by atoms with Crippen molar-refractivity contribution in [2.45, 2.75) is 70.6 Å². The summed E-state index contributed by atoms with van der Waals surface area (Å²) in [6.07, 6.45) is 10.0. The van der Waals surface area contributed by atoms with E-state index in [4.69, 9.17) is 11.2 Å². The van der Waals surface area contributed by atoms with Crippen molar-refractivity contribution >= 4 is 17.9 Å². The molecule has 1 unspecified atom stereocenters. The largest absolute Gasteiger partial charge is 0.444 e. The Hall–Kier alpha value is -3.01. The number of amides is 3. The highest BCUT2D eigenvalue weighted by Gasteiger charge is 2.32. The first-order chi connectivity index (χ1) is 14.2. The molecule has 7 heteroatoms. The lowest BCUT2D eigenvalue weighted by molar-refractivity contribution is -0.137. The molecule has 3 amide bonds. The zero-order valence-corrected chi connectivity index (χ0v) is 17.9. The minimum absolute atomic E-state index is 0.0760. The van der Waals surface area contributed by atoms with Crippen molar-refractivity contribution in [2.75, 3.05) is 6.54 Å². The standard InChI is InChI=1S/C23H31N3O4/c1-5-26(19(27)16-24-22(29)30-23(2,3)4)20(17-12-8-6-9-13-17)21(28)25-18-14-10-7-11-15-18/h1,6,8-9,12-13,18,20H,7,10-11,14-16H2,2-4H3,(H,24,29)(H,25,28). The summed E-state index contributed by atoms with van der Waals surface area (Å²) in [5, 5.41) is 5.44. The quantitative estimate of drug-likeness (QED) is 0.554. The zero-order valence-electron chi connectivity index (χ0n) is 17.9. The van der Waals surface area contributed by atoms with E-state index in [2.05, 4.69) is 16.7 Å². The summed E-state index contributed by atoms with van der Waals surface area (Å²) in [6, 6.07) is 10.3. The predicted octanol–water partition coefficient (Wildman–Crippen LogP) is 3.12. The molecule has 30 heavy (non-hydrogen) atoms. The number of hydrogen-bond acceptors (Lipinski definition) is 4. The molecule has 1 aliphatic rings. The van der Waals surface area contributed by atoms with Crippen LogP contribution in [0.3, 0.4) is 0 Å². The van der Waals surface area contributed by atoms with Gasteiger partial charge in [0.2, 0.25) is 5.91 Å². The number of nitrogens with zero attached hydrogens (tertiary/aromatic N) is 1. The van der Waals surface area contributed by atoms with Crippen molar-refractivity contribution in [1.29, 1.82) is 0 Å². The number of benzene rings is 1. The molecule has 2 N–H and O–H groups in total. The lowest BCUT2D eigenvalue weighted by Crippen LogP contribution is -2.48. The van der Waals surface area contributed by atoms with Gasteiger partial charge in [-0.3, -0.25) is 14.5 Å². The van der Waals surface area contributed by atoms with Crippen LogP contribution in [0.25, 0.3) is 0 Å². The first kappa shape index (κ1) is 23.3. The summed E-state index contributed by atoms with van der Waals surface area (Å²) < 4.78 is 5.14. The van der Waals surface area contributed by atoms with Gasteiger partial charge < -0.3 is 15.4 Å². The van der Waals surface area contributed by atoms with E-state index in [0.717, 1.165) is 30.6 Å². The molecule has 7 nitrogen and oxygen atoms in total. The lowest BCUT2D eigenvalue weighted by Gasteiger charge is -2.30. The number of carbonyl (C=O) groups excluding carboxylic acids is 3. The number of terminal acetylenes is 1. The second-order valence-electron chi connectivity index (χ2n) is 8.41. The van der Waals surface area contributed by atoms with Crippen molar-refractivity contribution in [3.63, 3.8) is 0 Å². The Morgan fingerprint density at radius 2 is 1.80 bits per heavy atom. The third-order valence-electron chi connectivity index (χ3n) is 4.76. The highest BCUT2D eigenvalue weighted by atomic mass is 16.6. The molecule has 0 bridgehead atoms. The third-order valence-corrected chi connectivity index (χ3v) is 4.76. The zero-order chi connectivity index (χ0) is 22.1. The van der Waals surface area contributed by atoms with Crippen LogP contribution in [0, 0.1) is 12.5 Å². The van der Waals surface area contributed by atoms with E-state index in [9.17, 15) is 14.4 Å². The number of hydrogen-bond donors (Lipinski definition) is 2.